The Morgan fingerprint density at radius 3 is 2.58 bits per heavy atom. The zero-order valence-electron chi connectivity index (χ0n) is 17.6. The van der Waals surface area contributed by atoms with Crippen LogP contribution in [0.2, 0.25) is 5.02 Å². The van der Waals surface area contributed by atoms with Crippen LogP contribution in [0.5, 0.6) is 5.75 Å². The average molecular weight is 508 g/mol. The molecule has 1 N–H and O–H groups in total. The molecule has 0 radical (unpaired) electrons. The minimum absolute atomic E-state index is 0.0502. The van der Waals surface area contributed by atoms with Gasteiger partial charge in [-0.05, 0) is 63.0 Å². The molecule has 1 amide bonds. The molecule has 6 nitrogen and oxygen atoms in total. The van der Waals surface area contributed by atoms with E-state index in [4.69, 9.17) is 16.3 Å². The number of methoxy groups -OCH3 is 1. The Labute approximate surface area is 195 Å². The number of ether oxygens (including phenoxy) is 1. The first-order chi connectivity index (χ1) is 14.7. The molecule has 8 heteroatoms. The number of hydrogen-bond acceptors (Lipinski definition) is 5. The van der Waals surface area contributed by atoms with E-state index in [2.05, 4.69) is 15.9 Å². The zero-order valence-corrected chi connectivity index (χ0v) is 19.9. The van der Waals surface area contributed by atoms with E-state index in [1.165, 1.54) is 18.1 Å². The third-order valence-electron chi connectivity index (χ3n) is 5.13. The molecular formula is C23H24BrClN2O4. The molecule has 0 bridgehead atoms. The van der Waals surface area contributed by atoms with E-state index in [1.54, 1.807) is 12.1 Å². The van der Waals surface area contributed by atoms with Gasteiger partial charge in [0.05, 0.1) is 23.7 Å². The van der Waals surface area contributed by atoms with Crippen molar-refractivity contribution in [1.29, 1.82) is 0 Å². The fourth-order valence-corrected chi connectivity index (χ4v) is 4.33. The molecule has 2 aromatic carbocycles. The standard InChI is InChI=1S/C23H24BrClN2O4/c1-26(2)10-5-11-27-20(14-6-4-7-16(24)12-14)19(22(29)23(27)30)21(28)15-8-9-18(31-3)17(25)13-15/h4,6-9,12-13,20,28H,5,10-11H2,1-3H3/b21-19+/t20-/m0/s1. The van der Waals surface area contributed by atoms with Crippen molar-refractivity contribution in [2.24, 2.45) is 0 Å². The number of likely N-dealkylation sites (tertiary alicyclic amines) is 1. The molecule has 0 aliphatic carbocycles. The molecule has 2 aromatic rings. The predicted molar refractivity (Wildman–Crippen MR) is 124 cm³/mol. The van der Waals surface area contributed by atoms with Gasteiger partial charge in [-0.1, -0.05) is 39.7 Å². The van der Waals surface area contributed by atoms with Crippen molar-refractivity contribution >= 4 is 45.0 Å². The van der Waals surface area contributed by atoms with Gasteiger partial charge in [-0.2, -0.15) is 0 Å². The number of hydrogen-bond donors (Lipinski definition) is 1. The molecule has 3 rings (SSSR count). The lowest BCUT2D eigenvalue weighted by molar-refractivity contribution is -0.139. The van der Waals surface area contributed by atoms with Gasteiger partial charge >= 0.3 is 0 Å². The second-order valence-electron chi connectivity index (χ2n) is 7.55. The van der Waals surface area contributed by atoms with Gasteiger partial charge in [0.15, 0.2) is 0 Å². The molecule has 1 saturated heterocycles. The van der Waals surface area contributed by atoms with E-state index in [1.807, 2.05) is 43.3 Å². The van der Waals surface area contributed by atoms with Gasteiger partial charge in [0.2, 0.25) is 0 Å². The summed E-state index contributed by atoms with van der Waals surface area (Å²) in [6, 6.07) is 11.4. The molecule has 1 aliphatic heterocycles. The van der Waals surface area contributed by atoms with Gasteiger partial charge in [-0.25, -0.2) is 0 Å². The summed E-state index contributed by atoms with van der Waals surface area (Å²) in [4.78, 5) is 29.5. The first-order valence-electron chi connectivity index (χ1n) is 9.77. The maximum atomic E-state index is 13.0. The van der Waals surface area contributed by atoms with Crippen LogP contribution < -0.4 is 4.74 Å². The highest BCUT2D eigenvalue weighted by Crippen LogP contribution is 2.40. The minimum atomic E-state index is -0.709. The first-order valence-corrected chi connectivity index (χ1v) is 10.9. The topological polar surface area (TPSA) is 70.1 Å². The molecule has 0 aromatic heterocycles. The molecular weight excluding hydrogens is 484 g/mol. The highest BCUT2D eigenvalue weighted by atomic mass is 79.9. The molecule has 164 valence electrons. The van der Waals surface area contributed by atoms with E-state index in [9.17, 15) is 14.7 Å². The molecule has 1 atom stereocenters. The molecule has 1 aliphatic rings. The number of aliphatic hydroxyl groups excluding tert-OH is 1. The summed E-state index contributed by atoms with van der Waals surface area (Å²) in [6.45, 7) is 1.16. The summed E-state index contributed by atoms with van der Waals surface area (Å²) in [5, 5.41) is 11.4. The number of carbonyl (C=O) groups is 2. The van der Waals surface area contributed by atoms with E-state index in [0.717, 1.165) is 16.6 Å². The maximum absolute atomic E-state index is 13.0. The smallest absolute Gasteiger partial charge is 0.295 e. The summed E-state index contributed by atoms with van der Waals surface area (Å²) < 4.78 is 5.98. The summed E-state index contributed by atoms with van der Waals surface area (Å²) in [7, 11) is 5.40. The monoisotopic (exact) mass is 506 g/mol. The number of halogens is 2. The largest absolute Gasteiger partial charge is 0.507 e. The van der Waals surface area contributed by atoms with Crippen molar-refractivity contribution in [2.75, 3.05) is 34.3 Å². The number of aliphatic hydroxyl groups is 1. The minimum Gasteiger partial charge on any atom is -0.507 e. The van der Waals surface area contributed by atoms with Crippen molar-refractivity contribution in [3.05, 3.63) is 68.7 Å². The molecule has 1 heterocycles. The quantitative estimate of drug-likeness (QED) is 0.340. The van der Waals surface area contributed by atoms with Crippen LogP contribution in [0.1, 0.15) is 23.6 Å². The van der Waals surface area contributed by atoms with Crippen LogP contribution in [0.15, 0.2) is 52.5 Å². The van der Waals surface area contributed by atoms with Gasteiger partial charge in [0, 0.05) is 16.6 Å². The van der Waals surface area contributed by atoms with Crippen LogP contribution in [0.25, 0.3) is 5.76 Å². The fourth-order valence-electron chi connectivity index (χ4n) is 3.66. The summed E-state index contributed by atoms with van der Waals surface area (Å²) in [6.07, 6.45) is 0.693. The van der Waals surface area contributed by atoms with Crippen LogP contribution in [0, 0.1) is 0 Å². The number of amides is 1. The van der Waals surface area contributed by atoms with Crippen molar-refractivity contribution in [3.63, 3.8) is 0 Å². The van der Waals surface area contributed by atoms with Gasteiger partial charge in [0.25, 0.3) is 11.7 Å². The summed E-state index contributed by atoms with van der Waals surface area (Å²) in [5.74, 6) is -1.14. The van der Waals surface area contributed by atoms with Crippen LogP contribution in [0.4, 0.5) is 0 Å². The van der Waals surface area contributed by atoms with Crippen LogP contribution in [-0.2, 0) is 9.59 Å². The normalized spacial score (nSPS) is 18.1. The maximum Gasteiger partial charge on any atom is 0.295 e. The van der Waals surface area contributed by atoms with E-state index in [-0.39, 0.29) is 11.3 Å². The Morgan fingerprint density at radius 2 is 1.97 bits per heavy atom. The Morgan fingerprint density at radius 1 is 1.23 bits per heavy atom. The molecule has 0 spiro atoms. The number of nitrogens with zero attached hydrogens (tertiary/aromatic N) is 2. The number of benzene rings is 2. The second kappa shape index (κ2) is 9.85. The Kier molecular flexibility index (Phi) is 7.41. The van der Waals surface area contributed by atoms with E-state index in [0.29, 0.717) is 29.3 Å². The molecule has 0 saturated carbocycles. The third kappa shape index (κ3) is 4.95. The lowest BCUT2D eigenvalue weighted by Crippen LogP contribution is -2.32. The number of Topliss-reactive ketones (excluding diaryl/α,β-unsaturated/α-hetero) is 1. The first kappa shape index (κ1) is 23.3. The van der Waals surface area contributed by atoms with Crippen LogP contribution in [-0.4, -0.2) is 60.9 Å². The van der Waals surface area contributed by atoms with Crippen molar-refractivity contribution in [3.8, 4) is 5.75 Å². The van der Waals surface area contributed by atoms with Gasteiger partial charge in [0.1, 0.15) is 11.5 Å². The van der Waals surface area contributed by atoms with E-state index >= 15 is 0 Å². The highest BCUT2D eigenvalue weighted by molar-refractivity contribution is 9.10. The fraction of sp³-hybridized carbons (Fsp3) is 0.304. The highest BCUT2D eigenvalue weighted by Gasteiger charge is 2.45. The molecule has 0 unspecified atom stereocenters. The summed E-state index contributed by atoms with van der Waals surface area (Å²) >= 11 is 9.67. The van der Waals surface area contributed by atoms with Gasteiger partial charge in [-0.15, -0.1) is 0 Å². The lowest BCUT2D eigenvalue weighted by atomic mass is 9.95. The van der Waals surface area contributed by atoms with Gasteiger partial charge < -0.3 is 19.6 Å². The van der Waals surface area contributed by atoms with Gasteiger partial charge in [-0.3, -0.25) is 9.59 Å². The lowest BCUT2D eigenvalue weighted by Gasteiger charge is -2.26. The average Bonchev–Trinajstić information content (AvgIpc) is 2.98. The van der Waals surface area contributed by atoms with Crippen molar-refractivity contribution in [2.45, 2.75) is 12.5 Å². The predicted octanol–water partition coefficient (Wildman–Crippen LogP) is 4.48. The Balaban J connectivity index is 2.11. The van der Waals surface area contributed by atoms with Crippen LogP contribution in [0.3, 0.4) is 0 Å². The molecule has 1 fully saturated rings. The Bertz CT molecular complexity index is 1040. The number of ketones is 1. The zero-order chi connectivity index (χ0) is 22.7. The van der Waals surface area contributed by atoms with Crippen molar-refractivity contribution in [1.82, 2.24) is 9.80 Å². The second-order valence-corrected chi connectivity index (χ2v) is 8.88. The molecule has 31 heavy (non-hydrogen) atoms. The third-order valence-corrected chi connectivity index (χ3v) is 5.92. The number of rotatable bonds is 7. The van der Waals surface area contributed by atoms with E-state index < -0.39 is 17.7 Å². The van der Waals surface area contributed by atoms with Crippen LogP contribution >= 0.6 is 27.5 Å². The Hall–Kier alpha value is -2.35. The van der Waals surface area contributed by atoms with Crippen molar-refractivity contribution < 1.29 is 19.4 Å². The SMILES string of the molecule is COc1ccc(/C(O)=C2\C(=O)C(=O)N(CCCN(C)C)[C@H]2c2cccc(Br)c2)cc1Cl. The number of carbonyl (C=O) groups excluding carboxylic acids is 2. The summed E-state index contributed by atoms with van der Waals surface area (Å²) in [5.41, 5.74) is 1.13.